The van der Waals surface area contributed by atoms with Crippen LogP contribution in [0.3, 0.4) is 0 Å². The highest BCUT2D eigenvalue weighted by Crippen LogP contribution is 2.59. The fraction of sp³-hybridized carbons (Fsp3) is 0.133. The van der Waals surface area contributed by atoms with Crippen molar-refractivity contribution < 1.29 is 0 Å². The van der Waals surface area contributed by atoms with Crippen LogP contribution >= 0.6 is 0 Å². The number of hydrogen-bond acceptors (Lipinski definition) is 1. The van der Waals surface area contributed by atoms with Crippen LogP contribution < -0.4 is 4.90 Å². The van der Waals surface area contributed by atoms with Gasteiger partial charge in [0.05, 0.1) is 5.41 Å². The number of fused-ring (bicyclic) bond motifs is 8. The van der Waals surface area contributed by atoms with Gasteiger partial charge in [-0.2, -0.15) is 0 Å². The molecule has 0 aromatic heterocycles. The summed E-state index contributed by atoms with van der Waals surface area (Å²) in [5.74, 6) is 0. The predicted octanol–water partition coefficient (Wildman–Crippen LogP) is 15.2. The van der Waals surface area contributed by atoms with E-state index in [1.54, 1.807) is 5.57 Å². The number of anilines is 3. The van der Waals surface area contributed by atoms with Gasteiger partial charge in [-0.25, -0.2) is 0 Å². The highest BCUT2D eigenvalue weighted by atomic mass is 15.1. The molecule has 0 aliphatic heterocycles. The van der Waals surface area contributed by atoms with E-state index in [0.717, 1.165) is 24.2 Å². The molecule has 61 heavy (non-hydrogen) atoms. The minimum Gasteiger partial charge on any atom is -0.310 e. The lowest BCUT2D eigenvalue weighted by Gasteiger charge is -2.34. The summed E-state index contributed by atoms with van der Waals surface area (Å²) in [6.45, 7) is 7.28. The van der Waals surface area contributed by atoms with E-state index in [9.17, 15) is 0 Å². The van der Waals surface area contributed by atoms with Crippen LogP contribution in [0.15, 0.2) is 212 Å². The Hall–Kier alpha value is -6.96. The first-order chi connectivity index (χ1) is 29.9. The molecule has 8 aromatic carbocycles. The van der Waals surface area contributed by atoms with Crippen molar-refractivity contribution in [2.24, 2.45) is 0 Å². The van der Waals surface area contributed by atoms with Crippen molar-refractivity contribution in [1.82, 2.24) is 0 Å². The molecule has 0 amide bonds. The van der Waals surface area contributed by atoms with Crippen molar-refractivity contribution in [3.63, 3.8) is 0 Å². The summed E-state index contributed by atoms with van der Waals surface area (Å²) in [5.41, 5.74) is 22.8. The molecular formula is C60H47N. The first-order valence-corrected chi connectivity index (χ1v) is 21.9. The molecule has 0 spiro atoms. The summed E-state index contributed by atoms with van der Waals surface area (Å²) in [6.07, 6.45) is 6.95. The molecule has 0 heterocycles. The van der Waals surface area contributed by atoms with Gasteiger partial charge in [-0.1, -0.05) is 189 Å². The van der Waals surface area contributed by atoms with Gasteiger partial charge >= 0.3 is 0 Å². The van der Waals surface area contributed by atoms with E-state index in [-0.39, 0.29) is 10.8 Å². The number of nitrogens with zero attached hydrogens (tertiary/aromatic N) is 1. The number of hydrogen-bond donors (Lipinski definition) is 0. The summed E-state index contributed by atoms with van der Waals surface area (Å²) in [6, 6.07) is 73.2. The van der Waals surface area contributed by atoms with Gasteiger partial charge in [0.15, 0.2) is 0 Å². The van der Waals surface area contributed by atoms with Crippen molar-refractivity contribution in [1.29, 1.82) is 0 Å². The second-order valence-electron chi connectivity index (χ2n) is 18.0. The quantitative estimate of drug-likeness (QED) is 0.162. The van der Waals surface area contributed by atoms with E-state index >= 15 is 0 Å². The maximum atomic E-state index is 2.53. The fourth-order valence-corrected chi connectivity index (χ4v) is 11.9. The Balaban J connectivity index is 1.10. The SMILES string of the molecule is CC1(C)C2=C(C=CCC2)c2ccc(N(c3ccc4c(c3)-c3ccccc3C4(c3ccccc3)c3ccccc3)c3ccc4c(c3)C(C)(c3ccccc3)c3ccccc3-4)cc21. The Labute approximate surface area is 360 Å². The summed E-state index contributed by atoms with van der Waals surface area (Å²) in [5, 5.41) is 0. The molecule has 0 N–H and O–H groups in total. The van der Waals surface area contributed by atoms with Gasteiger partial charge in [0.1, 0.15) is 0 Å². The molecule has 0 fully saturated rings. The number of rotatable bonds is 6. The molecule has 4 aliphatic rings. The van der Waals surface area contributed by atoms with Crippen LogP contribution in [0.5, 0.6) is 0 Å². The van der Waals surface area contributed by atoms with E-state index in [2.05, 4.69) is 232 Å². The van der Waals surface area contributed by atoms with Crippen LogP contribution in [0.4, 0.5) is 17.1 Å². The molecule has 0 radical (unpaired) electrons. The third-order valence-corrected chi connectivity index (χ3v) is 14.8. The highest BCUT2D eigenvalue weighted by molar-refractivity contribution is 5.93. The lowest BCUT2D eigenvalue weighted by Crippen LogP contribution is -2.28. The molecule has 4 aliphatic carbocycles. The topological polar surface area (TPSA) is 3.24 Å². The predicted molar refractivity (Wildman–Crippen MR) is 254 cm³/mol. The van der Waals surface area contributed by atoms with E-state index in [0.29, 0.717) is 0 Å². The third-order valence-electron chi connectivity index (χ3n) is 14.8. The second-order valence-corrected chi connectivity index (χ2v) is 18.0. The maximum Gasteiger partial charge on any atom is 0.0713 e. The molecule has 0 saturated carbocycles. The van der Waals surface area contributed by atoms with E-state index in [1.807, 2.05) is 0 Å². The van der Waals surface area contributed by atoms with Crippen molar-refractivity contribution in [2.45, 2.75) is 49.9 Å². The number of benzene rings is 8. The molecule has 1 unspecified atom stereocenters. The van der Waals surface area contributed by atoms with Crippen molar-refractivity contribution >= 4 is 22.6 Å². The zero-order valence-corrected chi connectivity index (χ0v) is 35.0. The summed E-state index contributed by atoms with van der Waals surface area (Å²) >= 11 is 0. The summed E-state index contributed by atoms with van der Waals surface area (Å²) in [4.78, 5) is 2.53. The molecule has 1 atom stereocenters. The summed E-state index contributed by atoms with van der Waals surface area (Å²) < 4.78 is 0. The van der Waals surface area contributed by atoms with Crippen molar-refractivity contribution in [3.05, 3.63) is 262 Å². The Bertz CT molecular complexity index is 3070. The van der Waals surface area contributed by atoms with Gasteiger partial charge < -0.3 is 4.90 Å². The van der Waals surface area contributed by atoms with E-state index in [4.69, 9.17) is 0 Å². The van der Waals surface area contributed by atoms with Crippen LogP contribution in [0.25, 0.3) is 27.8 Å². The van der Waals surface area contributed by atoms with Crippen molar-refractivity contribution in [3.8, 4) is 22.3 Å². The van der Waals surface area contributed by atoms with Gasteiger partial charge in [-0.15, -0.1) is 0 Å². The monoisotopic (exact) mass is 781 g/mol. The van der Waals surface area contributed by atoms with Crippen LogP contribution in [0, 0.1) is 0 Å². The minimum atomic E-state index is -0.454. The maximum absolute atomic E-state index is 2.53. The average molecular weight is 782 g/mol. The molecule has 1 heteroatoms. The van der Waals surface area contributed by atoms with Crippen molar-refractivity contribution in [2.75, 3.05) is 4.90 Å². The van der Waals surface area contributed by atoms with Gasteiger partial charge in [-0.3, -0.25) is 0 Å². The van der Waals surface area contributed by atoms with Crippen LogP contribution in [-0.4, -0.2) is 0 Å². The number of allylic oxidation sites excluding steroid dienone is 4. The van der Waals surface area contributed by atoms with Crippen LogP contribution in [0.1, 0.15) is 83.7 Å². The Morgan fingerprint density at radius 3 is 1.56 bits per heavy atom. The van der Waals surface area contributed by atoms with Gasteiger partial charge in [-0.05, 0) is 134 Å². The Morgan fingerprint density at radius 2 is 0.885 bits per heavy atom. The van der Waals surface area contributed by atoms with Crippen LogP contribution in [-0.2, 0) is 16.2 Å². The Kier molecular flexibility index (Phi) is 7.82. The fourth-order valence-electron chi connectivity index (χ4n) is 11.9. The zero-order chi connectivity index (χ0) is 40.9. The van der Waals surface area contributed by atoms with E-state index < -0.39 is 5.41 Å². The standard InChI is InChI=1S/C60H47N/c1-58(2)52-28-16-13-25-46(52)49-34-31-44(38-56(49)58)61(45-32-35-50-47-26-14-17-29-53(47)59(3,57(50)39-45)40-19-7-4-8-20-40)43-33-36-55-51(37-43)48-27-15-18-30-54(48)60(55,41-21-9-5-10-22-41)42-23-11-6-12-24-42/h4-15,17-27,29-39H,16,28H2,1-3H3. The average Bonchev–Trinajstić information content (AvgIpc) is 3.86. The lowest BCUT2D eigenvalue weighted by molar-refractivity contribution is 0.607. The van der Waals surface area contributed by atoms with Crippen LogP contribution in [0.2, 0.25) is 0 Å². The lowest BCUT2D eigenvalue weighted by atomic mass is 9.68. The highest BCUT2D eigenvalue weighted by Gasteiger charge is 2.47. The Morgan fingerprint density at radius 1 is 0.393 bits per heavy atom. The van der Waals surface area contributed by atoms with E-state index in [1.165, 1.54) is 83.6 Å². The molecular weight excluding hydrogens is 735 g/mol. The third kappa shape index (κ3) is 4.95. The van der Waals surface area contributed by atoms with Gasteiger partial charge in [0.25, 0.3) is 0 Å². The zero-order valence-electron chi connectivity index (χ0n) is 35.0. The molecule has 8 aromatic rings. The molecule has 0 saturated heterocycles. The normalized spacial score (nSPS) is 18.1. The minimum absolute atomic E-state index is 0.0512. The molecule has 292 valence electrons. The largest absolute Gasteiger partial charge is 0.310 e. The first kappa shape index (κ1) is 35.9. The van der Waals surface area contributed by atoms with Gasteiger partial charge in [0, 0.05) is 27.9 Å². The molecule has 0 bridgehead atoms. The van der Waals surface area contributed by atoms with Gasteiger partial charge in [0.2, 0.25) is 0 Å². The molecule has 12 rings (SSSR count). The smallest absolute Gasteiger partial charge is 0.0713 e. The first-order valence-electron chi connectivity index (χ1n) is 21.9. The summed E-state index contributed by atoms with van der Waals surface area (Å²) in [7, 11) is 0. The second kappa shape index (κ2) is 13.3. The molecule has 1 nitrogen and oxygen atoms in total.